The summed E-state index contributed by atoms with van der Waals surface area (Å²) < 4.78 is 7.87. The van der Waals surface area contributed by atoms with E-state index in [1.807, 2.05) is 0 Å². The van der Waals surface area contributed by atoms with E-state index in [0.29, 0.717) is 5.92 Å². The van der Waals surface area contributed by atoms with Crippen LogP contribution in [-0.4, -0.2) is 40.8 Å². The molecule has 0 bridgehead atoms. The minimum absolute atomic E-state index is 0.616. The summed E-state index contributed by atoms with van der Waals surface area (Å²) in [5.74, 6) is 1.76. The lowest BCUT2D eigenvalue weighted by Crippen LogP contribution is -2.36. The Morgan fingerprint density at radius 2 is 1.74 bits per heavy atom. The van der Waals surface area contributed by atoms with Gasteiger partial charge in [0.15, 0.2) is 0 Å². The van der Waals surface area contributed by atoms with Gasteiger partial charge in [-0.1, -0.05) is 50.2 Å². The van der Waals surface area contributed by atoms with Crippen molar-refractivity contribution in [3.8, 4) is 0 Å². The third-order valence-electron chi connectivity index (χ3n) is 5.70. The lowest BCUT2D eigenvalue weighted by Gasteiger charge is -2.26. The molecule has 0 N–H and O–H groups in total. The predicted molar refractivity (Wildman–Crippen MR) is 110 cm³/mol. The highest BCUT2D eigenvalue weighted by Crippen LogP contribution is 2.22. The molecule has 0 saturated carbocycles. The molecule has 0 amide bonds. The zero-order valence-electron chi connectivity index (χ0n) is 16.4. The van der Waals surface area contributed by atoms with E-state index in [9.17, 15) is 0 Å². The van der Waals surface area contributed by atoms with E-state index in [0.717, 1.165) is 50.7 Å². The molecular weight excluding hydrogens is 334 g/mol. The molecule has 2 heterocycles. The molecule has 0 unspecified atom stereocenters. The standard InChI is InChI=1S/C23H29N3O/c1-3-18(2)20-10-8-19(9-11-20)16-26-22-7-5-4-6-21(22)24-23(26)17-25-12-14-27-15-13-25/h4-11,18H,3,12-17H2,1-2H3/t18-/m0/s1. The topological polar surface area (TPSA) is 30.3 Å². The van der Waals surface area contributed by atoms with Crippen molar-refractivity contribution < 1.29 is 4.74 Å². The normalized spacial score (nSPS) is 16.7. The summed E-state index contributed by atoms with van der Waals surface area (Å²) in [7, 11) is 0. The Morgan fingerprint density at radius 3 is 2.48 bits per heavy atom. The fourth-order valence-corrected chi connectivity index (χ4v) is 3.75. The number of rotatable bonds is 6. The Kier molecular flexibility index (Phi) is 5.55. The van der Waals surface area contributed by atoms with Crippen LogP contribution in [0.3, 0.4) is 0 Å². The van der Waals surface area contributed by atoms with Crippen LogP contribution in [0.2, 0.25) is 0 Å². The minimum atomic E-state index is 0.616. The smallest absolute Gasteiger partial charge is 0.124 e. The first-order chi connectivity index (χ1) is 13.2. The Hall–Kier alpha value is -2.17. The van der Waals surface area contributed by atoms with Gasteiger partial charge in [-0.15, -0.1) is 0 Å². The number of hydrogen-bond donors (Lipinski definition) is 0. The van der Waals surface area contributed by atoms with Crippen LogP contribution in [0.25, 0.3) is 11.0 Å². The fraction of sp³-hybridized carbons (Fsp3) is 0.435. The number of imidazole rings is 1. The molecule has 0 radical (unpaired) electrons. The van der Waals surface area contributed by atoms with Gasteiger partial charge in [-0.3, -0.25) is 4.90 Å². The third-order valence-corrected chi connectivity index (χ3v) is 5.70. The SMILES string of the molecule is CC[C@H](C)c1ccc(Cn2c(CN3CCOCC3)nc3ccccc32)cc1. The van der Waals surface area contributed by atoms with Gasteiger partial charge in [-0.25, -0.2) is 4.98 Å². The van der Waals surface area contributed by atoms with E-state index in [1.54, 1.807) is 0 Å². The molecule has 1 saturated heterocycles. The zero-order valence-corrected chi connectivity index (χ0v) is 16.4. The quantitative estimate of drug-likeness (QED) is 0.649. The number of fused-ring (bicyclic) bond motifs is 1. The summed E-state index contributed by atoms with van der Waals surface area (Å²) in [4.78, 5) is 7.38. The van der Waals surface area contributed by atoms with Crippen molar-refractivity contribution in [1.82, 2.24) is 14.5 Å². The molecule has 1 aliphatic rings. The third kappa shape index (κ3) is 4.07. The van der Waals surface area contributed by atoms with Gasteiger partial charge in [0.2, 0.25) is 0 Å². The zero-order chi connectivity index (χ0) is 18.6. The number of aromatic nitrogens is 2. The molecule has 0 aliphatic carbocycles. The maximum Gasteiger partial charge on any atom is 0.124 e. The first-order valence-electron chi connectivity index (χ1n) is 10.1. The molecule has 27 heavy (non-hydrogen) atoms. The van der Waals surface area contributed by atoms with E-state index < -0.39 is 0 Å². The van der Waals surface area contributed by atoms with E-state index >= 15 is 0 Å². The molecule has 4 rings (SSSR count). The number of nitrogens with zero attached hydrogens (tertiary/aromatic N) is 3. The average Bonchev–Trinajstić information content (AvgIpc) is 3.06. The molecule has 4 nitrogen and oxygen atoms in total. The monoisotopic (exact) mass is 363 g/mol. The summed E-state index contributed by atoms with van der Waals surface area (Å²) in [6, 6.07) is 17.6. The number of benzene rings is 2. The summed E-state index contributed by atoms with van der Waals surface area (Å²) in [6.45, 7) is 9.87. The van der Waals surface area contributed by atoms with Crippen molar-refractivity contribution in [3.05, 3.63) is 65.5 Å². The van der Waals surface area contributed by atoms with E-state index in [1.165, 1.54) is 23.1 Å². The van der Waals surface area contributed by atoms with E-state index in [4.69, 9.17) is 9.72 Å². The van der Waals surface area contributed by atoms with Crippen molar-refractivity contribution in [1.29, 1.82) is 0 Å². The summed E-state index contributed by atoms with van der Waals surface area (Å²) in [6.07, 6.45) is 1.18. The number of morpholine rings is 1. The van der Waals surface area contributed by atoms with Gasteiger partial charge >= 0.3 is 0 Å². The van der Waals surface area contributed by atoms with Gasteiger partial charge in [0.05, 0.1) is 30.8 Å². The Bertz CT molecular complexity index is 878. The van der Waals surface area contributed by atoms with Gasteiger partial charge in [-0.05, 0) is 35.6 Å². The van der Waals surface area contributed by atoms with Crippen molar-refractivity contribution in [2.45, 2.75) is 39.3 Å². The molecule has 142 valence electrons. The second kappa shape index (κ2) is 8.24. The number of ether oxygens (including phenoxy) is 1. The second-order valence-corrected chi connectivity index (χ2v) is 7.54. The minimum Gasteiger partial charge on any atom is -0.379 e. The lowest BCUT2D eigenvalue weighted by molar-refractivity contribution is 0.0327. The van der Waals surface area contributed by atoms with Crippen LogP contribution >= 0.6 is 0 Å². The van der Waals surface area contributed by atoms with Gasteiger partial charge in [0.25, 0.3) is 0 Å². The Balaban J connectivity index is 1.62. The molecule has 1 aliphatic heterocycles. The van der Waals surface area contributed by atoms with Gasteiger partial charge in [-0.2, -0.15) is 0 Å². The Labute approximate surface area is 161 Å². The summed E-state index contributed by atoms with van der Waals surface area (Å²) in [5.41, 5.74) is 5.04. The molecule has 2 aromatic carbocycles. The molecule has 1 atom stereocenters. The molecule has 0 spiro atoms. The van der Waals surface area contributed by atoms with Crippen LogP contribution in [0.1, 0.15) is 43.1 Å². The highest BCUT2D eigenvalue weighted by molar-refractivity contribution is 5.76. The van der Waals surface area contributed by atoms with Crippen LogP contribution < -0.4 is 0 Å². The summed E-state index contributed by atoms with van der Waals surface area (Å²) >= 11 is 0. The van der Waals surface area contributed by atoms with Crippen molar-refractivity contribution in [3.63, 3.8) is 0 Å². The fourth-order valence-electron chi connectivity index (χ4n) is 3.75. The van der Waals surface area contributed by atoms with Crippen LogP contribution in [0.5, 0.6) is 0 Å². The first kappa shape index (κ1) is 18.2. The van der Waals surface area contributed by atoms with E-state index in [2.05, 4.69) is 71.8 Å². The van der Waals surface area contributed by atoms with Crippen LogP contribution in [-0.2, 0) is 17.8 Å². The van der Waals surface area contributed by atoms with Crippen molar-refractivity contribution in [2.75, 3.05) is 26.3 Å². The largest absolute Gasteiger partial charge is 0.379 e. The highest BCUT2D eigenvalue weighted by atomic mass is 16.5. The predicted octanol–water partition coefficient (Wildman–Crippen LogP) is 4.43. The van der Waals surface area contributed by atoms with Crippen LogP contribution in [0.15, 0.2) is 48.5 Å². The van der Waals surface area contributed by atoms with Crippen LogP contribution in [0.4, 0.5) is 0 Å². The molecule has 1 aromatic heterocycles. The maximum atomic E-state index is 5.49. The average molecular weight is 364 g/mol. The van der Waals surface area contributed by atoms with Gasteiger partial charge < -0.3 is 9.30 Å². The molecular formula is C23H29N3O. The first-order valence-corrected chi connectivity index (χ1v) is 10.1. The number of hydrogen-bond acceptors (Lipinski definition) is 3. The molecule has 4 heteroatoms. The molecule has 1 fully saturated rings. The lowest BCUT2D eigenvalue weighted by atomic mass is 9.98. The van der Waals surface area contributed by atoms with Crippen molar-refractivity contribution >= 4 is 11.0 Å². The Morgan fingerprint density at radius 1 is 1.00 bits per heavy atom. The highest BCUT2D eigenvalue weighted by Gasteiger charge is 2.17. The van der Waals surface area contributed by atoms with Gasteiger partial charge in [0, 0.05) is 19.6 Å². The van der Waals surface area contributed by atoms with Gasteiger partial charge in [0.1, 0.15) is 5.82 Å². The summed E-state index contributed by atoms with van der Waals surface area (Å²) in [5, 5.41) is 0. The van der Waals surface area contributed by atoms with Crippen molar-refractivity contribution in [2.24, 2.45) is 0 Å². The van der Waals surface area contributed by atoms with Crippen LogP contribution in [0, 0.1) is 0 Å². The number of para-hydroxylation sites is 2. The second-order valence-electron chi connectivity index (χ2n) is 7.54. The maximum absolute atomic E-state index is 5.49. The van der Waals surface area contributed by atoms with E-state index in [-0.39, 0.29) is 0 Å². The molecule has 3 aromatic rings.